The number of carbonyl (C=O) groups is 1. The number of H-pyrrole nitrogens is 1. The second-order valence-electron chi connectivity index (χ2n) is 5.56. The minimum absolute atomic E-state index is 0.00749. The number of para-hydroxylation sites is 2. The molecule has 0 aliphatic carbocycles. The molecule has 1 fully saturated rings. The van der Waals surface area contributed by atoms with Crippen molar-refractivity contribution in [3.63, 3.8) is 0 Å². The van der Waals surface area contributed by atoms with Gasteiger partial charge in [-0.2, -0.15) is 0 Å². The summed E-state index contributed by atoms with van der Waals surface area (Å²) in [6, 6.07) is 7.21. The first-order valence-corrected chi connectivity index (χ1v) is 9.23. The number of benzene rings is 1. The topological polar surface area (TPSA) is 100 Å². The van der Waals surface area contributed by atoms with Crippen LogP contribution in [0.2, 0.25) is 0 Å². The van der Waals surface area contributed by atoms with Crippen LogP contribution in [0.4, 0.5) is 0 Å². The van der Waals surface area contributed by atoms with Crippen LogP contribution < -0.4 is 5.56 Å². The lowest BCUT2D eigenvalue weighted by Gasteiger charge is -2.26. The first-order valence-electron chi connectivity index (χ1n) is 7.41. The molecule has 23 heavy (non-hydrogen) atoms. The van der Waals surface area contributed by atoms with Gasteiger partial charge in [-0.3, -0.25) is 9.59 Å². The molecule has 0 spiro atoms. The first-order chi connectivity index (χ1) is 10.9. The molecule has 1 amide bonds. The van der Waals surface area contributed by atoms with Gasteiger partial charge in [0.05, 0.1) is 22.5 Å². The number of rotatable bonds is 3. The molecular weight excluding hydrogens is 318 g/mol. The Balaban J connectivity index is 1.67. The Labute approximate surface area is 133 Å². The van der Waals surface area contributed by atoms with Crippen LogP contribution in [0.1, 0.15) is 12.1 Å². The zero-order valence-corrected chi connectivity index (χ0v) is 13.3. The molecular formula is C15H17N3O4S. The predicted molar refractivity (Wildman–Crippen MR) is 85.9 cm³/mol. The Morgan fingerprint density at radius 3 is 2.65 bits per heavy atom. The Morgan fingerprint density at radius 1 is 1.22 bits per heavy atom. The third-order valence-corrected chi connectivity index (χ3v) is 5.55. The predicted octanol–water partition coefficient (Wildman–Crippen LogP) is 0.113. The minimum atomic E-state index is -3.01. The largest absolute Gasteiger partial charge is 0.341 e. The second-order valence-corrected chi connectivity index (χ2v) is 7.87. The smallest absolute Gasteiger partial charge is 0.270 e. The Bertz CT molecular complexity index is 890. The van der Waals surface area contributed by atoms with Crippen molar-refractivity contribution >= 4 is 26.8 Å². The summed E-state index contributed by atoms with van der Waals surface area (Å²) >= 11 is 0. The van der Waals surface area contributed by atoms with Crippen LogP contribution >= 0.6 is 0 Å². The normalized spacial score (nSPS) is 17.3. The van der Waals surface area contributed by atoms with Crippen LogP contribution in [-0.4, -0.2) is 53.8 Å². The summed E-state index contributed by atoms with van der Waals surface area (Å²) in [5.74, 6) is -0.129. The van der Waals surface area contributed by atoms with Crippen LogP contribution in [0.15, 0.2) is 29.1 Å². The number of carbonyl (C=O) groups excluding carboxylic acids is 1. The fraction of sp³-hybridized carbons (Fsp3) is 0.400. The lowest BCUT2D eigenvalue weighted by Crippen LogP contribution is -2.43. The van der Waals surface area contributed by atoms with E-state index in [9.17, 15) is 18.0 Å². The highest BCUT2D eigenvalue weighted by Gasteiger charge is 2.24. The monoisotopic (exact) mass is 335 g/mol. The van der Waals surface area contributed by atoms with E-state index < -0.39 is 9.84 Å². The van der Waals surface area contributed by atoms with Gasteiger partial charge in [0, 0.05) is 25.9 Å². The average molecular weight is 335 g/mol. The standard InChI is InChI=1S/C15H17N3O4S/c19-14(18-7-9-23(21,22)10-8-18)6-5-13-15(20)17-12-4-2-1-3-11(12)16-13/h1-4H,5-10H2,(H,17,20). The van der Waals surface area contributed by atoms with Crippen molar-refractivity contribution in [1.29, 1.82) is 0 Å². The molecule has 1 aromatic heterocycles. The molecule has 0 unspecified atom stereocenters. The summed E-state index contributed by atoms with van der Waals surface area (Å²) in [4.78, 5) is 32.7. The first kappa shape index (κ1) is 15.7. The number of amides is 1. The average Bonchev–Trinajstić information content (AvgIpc) is 2.52. The van der Waals surface area contributed by atoms with Crippen molar-refractivity contribution in [3.05, 3.63) is 40.3 Å². The van der Waals surface area contributed by atoms with E-state index in [4.69, 9.17) is 0 Å². The van der Waals surface area contributed by atoms with Crippen LogP contribution in [-0.2, 0) is 21.1 Å². The summed E-state index contributed by atoms with van der Waals surface area (Å²) < 4.78 is 22.7. The number of aromatic nitrogens is 2. The fourth-order valence-corrected chi connectivity index (χ4v) is 3.78. The number of sulfone groups is 1. The quantitative estimate of drug-likeness (QED) is 0.858. The van der Waals surface area contributed by atoms with Crippen LogP contribution in [0.3, 0.4) is 0 Å². The van der Waals surface area contributed by atoms with Crippen molar-refractivity contribution in [3.8, 4) is 0 Å². The van der Waals surface area contributed by atoms with E-state index in [0.717, 1.165) is 0 Å². The molecule has 0 atom stereocenters. The molecule has 8 heteroatoms. The van der Waals surface area contributed by atoms with Crippen molar-refractivity contribution in [2.45, 2.75) is 12.8 Å². The van der Waals surface area contributed by atoms with Gasteiger partial charge in [-0.25, -0.2) is 13.4 Å². The summed E-state index contributed by atoms with van der Waals surface area (Å²) in [6.45, 7) is 0.450. The third-order valence-electron chi connectivity index (χ3n) is 3.94. The van der Waals surface area contributed by atoms with E-state index in [1.54, 1.807) is 12.1 Å². The summed E-state index contributed by atoms with van der Waals surface area (Å²) in [5.41, 5.74) is 1.37. The summed E-state index contributed by atoms with van der Waals surface area (Å²) in [5, 5.41) is 0. The van der Waals surface area contributed by atoms with Gasteiger partial charge in [0.2, 0.25) is 5.91 Å². The molecule has 1 N–H and O–H groups in total. The van der Waals surface area contributed by atoms with E-state index in [-0.39, 0.29) is 48.9 Å². The van der Waals surface area contributed by atoms with E-state index in [0.29, 0.717) is 16.7 Å². The second kappa shape index (κ2) is 6.11. The van der Waals surface area contributed by atoms with Crippen molar-refractivity contribution in [2.24, 2.45) is 0 Å². The number of hydrogen-bond donors (Lipinski definition) is 1. The molecule has 2 heterocycles. The Morgan fingerprint density at radius 2 is 1.91 bits per heavy atom. The number of aromatic amines is 1. The van der Waals surface area contributed by atoms with Gasteiger partial charge in [0.15, 0.2) is 9.84 Å². The molecule has 1 aliphatic rings. The zero-order chi connectivity index (χ0) is 16.4. The van der Waals surface area contributed by atoms with Gasteiger partial charge < -0.3 is 9.88 Å². The van der Waals surface area contributed by atoms with Crippen LogP contribution in [0.5, 0.6) is 0 Å². The molecule has 0 saturated carbocycles. The fourth-order valence-electron chi connectivity index (χ4n) is 2.58. The Hall–Kier alpha value is -2.22. The van der Waals surface area contributed by atoms with Gasteiger partial charge >= 0.3 is 0 Å². The summed E-state index contributed by atoms with van der Waals surface area (Å²) in [7, 11) is -3.01. The van der Waals surface area contributed by atoms with Gasteiger partial charge in [0.25, 0.3) is 5.56 Å². The lowest BCUT2D eigenvalue weighted by atomic mass is 10.2. The van der Waals surface area contributed by atoms with E-state index >= 15 is 0 Å². The highest BCUT2D eigenvalue weighted by Crippen LogP contribution is 2.09. The highest BCUT2D eigenvalue weighted by atomic mass is 32.2. The molecule has 1 saturated heterocycles. The number of fused-ring (bicyclic) bond motifs is 1. The van der Waals surface area contributed by atoms with Crippen LogP contribution in [0, 0.1) is 0 Å². The van der Waals surface area contributed by atoms with Crippen LogP contribution in [0.25, 0.3) is 11.0 Å². The zero-order valence-electron chi connectivity index (χ0n) is 12.5. The molecule has 0 radical (unpaired) electrons. The van der Waals surface area contributed by atoms with Crippen molar-refractivity contribution in [1.82, 2.24) is 14.9 Å². The van der Waals surface area contributed by atoms with Crippen molar-refractivity contribution < 1.29 is 13.2 Å². The molecule has 3 rings (SSSR count). The SMILES string of the molecule is O=C(CCc1nc2ccccc2[nH]c1=O)N1CCS(=O)(=O)CC1. The van der Waals surface area contributed by atoms with Gasteiger partial charge in [0.1, 0.15) is 5.69 Å². The molecule has 0 bridgehead atoms. The maximum absolute atomic E-state index is 12.1. The molecule has 1 aromatic carbocycles. The highest BCUT2D eigenvalue weighted by molar-refractivity contribution is 7.91. The van der Waals surface area contributed by atoms with Crippen molar-refractivity contribution in [2.75, 3.05) is 24.6 Å². The molecule has 7 nitrogen and oxygen atoms in total. The molecule has 1 aliphatic heterocycles. The van der Waals surface area contributed by atoms with Gasteiger partial charge in [-0.1, -0.05) is 12.1 Å². The lowest BCUT2D eigenvalue weighted by molar-refractivity contribution is -0.130. The molecule has 122 valence electrons. The molecule has 2 aromatic rings. The minimum Gasteiger partial charge on any atom is -0.341 e. The maximum Gasteiger partial charge on any atom is 0.270 e. The van der Waals surface area contributed by atoms with E-state index in [2.05, 4.69) is 9.97 Å². The van der Waals surface area contributed by atoms with E-state index in [1.165, 1.54) is 4.90 Å². The third kappa shape index (κ3) is 3.58. The summed E-state index contributed by atoms with van der Waals surface area (Å²) in [6.07, 6.45) is 0.386. The number of aryl methyl sites for hydroxylation is 1. The number of nitrogens with one attached hydrogen (secondary N) is 1. The maximum atomic E-state index is 12.1. The van der Waals surface area contributed by atoms with Gasteiger partial charge in [-0.15, -0.1) is 0 Å². The van der Waals surface area contributed by atoms with E-state index in [1.807, 2.05) is 12.1 Å². The Kier molecular flexibility index (Phi) is 4.16. The number of hydrogen-bond acceptors (Lipinski definition) is 5. The van der Waals surface area contributed by atoms with Gasteiger partial charge in [-0.05, 0) is 12.1 Å². The number of nitrogens with zero attached hydrogens (tertiary/aromatic N) is 2.